The molecule has 0 saturated carbocycles. The Labute approximate surface area is 179 Å². The van der Waals surface area contributed by atoms with Gasteiger partial charge >= 0.3 is 0 Å². The number of carbonyl (C=O) groups excluding carboxylic acids is 1. The van der Waals surface area contributed by atoms with E-state index in [1.165, 1.54) is 30.2 Å². The molecule has 11 heteroatoms. The fourth-order valence-corrected chi connectivity index (χ4v) is 3.76. The van der Waals surface area contributed by atoms with Crippen molar-refractivity contribution in [2.75, 3.05) is 23.9 Å². The molecule has 3 rings (SSSR count). The normalized spacial score (nSPS) is 14.4. The SMILES string of the molecule is C=CCN1C(=O)C(=NNC(=S)Nc2ccccc2S(N)(=O)=O)c2cc(OC)ccc21. The Morgan fingerprint density at radius 1 is 1.33 bits per heavy atom. The zero-order chi connectivity index (χ0) is 21.9. The number of nitrogens with zero attached hydrogens (tertiary/aromatic N) is 2. The lowest BCUT2D eigenvalue weighted by Crippen LogP contribution is -2.32. The lowest BCUT2D eigenvalue weighted by atomic mass is 10.1. The number of anilines is 2. The molecule has 1 amide bonds. The summed E-state index contributed by atoms with van der Waals surface area (Å²) in [5.74, 6) is 0.232. The van der Waals surface area contributed by atoms with E-state index >= 15 is 0 Å². The molecule has 156 valence electrons. The first-order valence-corrected chi connectivity index (χ1v) is 10.6. The smallest absolute Gasteiger partial charge is 0.279 e. The molecule has 0 spiro atoms. The third-order valence-corrected chi connectivity index (χ3v) is 5.38. The molecule has 0 unspecified atom stereocenters. The number of nitrogens with two attached hydrogens (primary N) is 1. The number of hydrogen-bond acceptors (Lipinski definition) is 6. The van der Waals surface area contributed by atoms with Crippen LogP contribution in [0.3, 0.4) is 0 Å². The molecule has 0 aliphatic carbocycles. The Balaban J connectivity index is 1.87. The predicted molar refractivity (Wildman–Crippen MR) is 119 cm³/mol. The number of nitrogens with one attached hydrogen (secondary N) is 2. The van der Waals surface area contributed by atoms with Crippen molar-refractivity contribution in [1.82, 2.24) is 5.43 Å². The minimum absolute atomic E-state index is 0.0157. The van der Waals surface area contributed by atoms with Crippen LogP contribution >= 0.6 is 12.2 Å². The maximum atomic E-state index is 12.8. The average molecular weight is 446 g/mol. The monoisotopic (exact) mass is 445 g/mol. The Morgan fingerprint density at radius 3 is 2.73 bits per heavy atom. The van der Waals surface area contributed by atoms with Crippen LogP contribution in [-0.4, -0.2) is 38.8 Å². The Bertz CT molecular complexity index is 1160. The number of amides is 1. The molecule has 1 aliphatic heterocycles. The fourth-order valence-electron chi connectivity index (χ4n) is 2.91. The fraction of sp³-hybridized carbons (Fsp3) is 0.105. The summed E-state index contributed by atoms with van der Waals surface area (Å²) in [4.78, 5) is 14.2. The average Bonchev–Trinajstić information content (AvgIpc) is 2.96. The Hall–Kier alpha value is -3.28. The van der Waals surface area contributed by atoms with Gasteiger partial charge in [-0.15, -0.1) is 6.58 Å². The third kappa shape index (κ3) is 4.32. The third-order valence-electron chi connectivity index (χ3n) is 4.22. The summed E-state index contributed by atoms with van der Waals surface area (Å²) in [6.45, 7) is 3.98. The molecule has 0 atom stereocenters. The lowest BCUT2D eigenvalue weighted by Gasteiger charge is -2.14. The van der Waals surface area contributed by atoms with Crippen molar-refractivity contribution in [1.29, 1.82) is 0 Å². The van der Waals surface area contributed by atoms with E-state index in [0.29, 0.717) is 23.5 Å². The topological polar surface area (TPSA) is 126 Å². The van der Waals surface area contributed by atoms with E-state index in [-0.39, 0.29) is 27.3 Å². The number of thiocarbonyl (C=S) groups is 1. The number of methoxy groups -OCH3 is 1. The Morgan fingerprint density at radius 2 is 2.07 bits per heavy atom. The minimum Gasteiger partial charge on any atom is -0.497 e. The second-order valence-corrected chi connectivity index (χ2v) is 8.09. The van der Waals surface area contributed by atoms with Crippen molar-refractivity contribution in [2.24, 2.45) is 10.2 Å². The number of ether oxygens (including phenoxy) is 1. The van der Waals surface area contributed by atoms with Crippen LogP contribution in [0.4, 0.5) is 11.4 Å². The number of hydrazone groups is 1. The van der Waals surface area contributed by atoms with Crippen LogP contribution in [-0.2, 0) is 14.8 Å². The first-order chi connectivity index (χ1) is 14.3. The number of hydrogen-bond donors (Lipinski definition) is 3. The highest BCUT2D eigenvalue weighted by Crippen LogP contribution is 2.32. The summed E-state index contributed by atoms with van der Waals surface area (Å²) in [6, 6.07) is 11.2. The number of primary sulfonamides is 1. The zero-order valence-electron chi connectivity index (χ0n) is 16.0. The maximum Gasteiger partial charge on any atom is 0.279 e. The van der Waals surface area contributed by atoms with Crippen molar-refractivity contribution in [3.05, 3.63) is 60.7 Å². The second kappa shape index (κ2) is 8.61. The van der Waals surface area contributed by atoms with E-state index < -0.39 is 10.0 Å². The van der Waals surface area contributed by atoms with E-state index in [1.807, 2.05) is 0 Å². The number of benzene rings is 2. The highest BCUT2D eigenvalue weighted by molar-refractivity contribution is 7.89. The van der Waals surface area contributed by atoms with Crippen molar-refractivity contribution >= 4 is 50.3 Å². The van der Waals surface area contributed by atoms with Crippen LogP contribution < -0.4 is 25.5 Å². The molecular weight excluding hydrogens is 426 g/mol. The van der Waals surface area contributed by atoms with Gasteiger partial charge in [0.2, 0.25) is 10.0 Å². The van der Waals surface area contributed by atoms with Gasteiger partial charge in [-0.2, -0.15) is 5.10 Å². The molecule has 2 aromatic carbocycles. The van der Waals surface area contributed by atoms with Gasteiger partial charge in [-0.1, -0.05) is 18.2 Å². The summed E-state index contributed by atoms with van der Waals surface area (Å²) >= 11 is 5.19. The first-order valence-electron chi connectivity index (χ1n) is 8.64. The standard InChI is InChI=1S/C19H19N5O4S2/c1-3-10-24-15-9-8-12(28-2)11-13(15)17(18(24)25)22-23-19(29)21-14-6-4-5-7-16(14)30(20,26)27/h3-9,11H,1,10H2,2H3,(H2,20,26,27)(H2,21,23,29). The van der Waals surface area contributed by atoms with Crippen molar-refractivity contribution in [3.63, 3.8) is 0 Å². The van der Waals surface area contributed by atoms with Crippen LogP contribution in [0, 0.1) is 0 Å². The molecule has 0 bridgehead atoms. The minimum atomic E-state index is -3.95. The number of para-hydroxylation sites is 1. The highest BCUT2D eigenvalue weighted by Gasteiger charge is 2.34. The molecule has 0 fully saturated rings. The predicted octanol–water partition coefficient (Wildman–Crippen LogP) is 1.57. The van der Waals surface area contributed by atoms with Crippen molar-refractivity contribution < 1.29 is 17.9 Å². The van der Waals surface area contributed by atoms with E-state index in [2.05, 4.69) is 22.4 Å². The highest BCUT2D eigenvalue weighted by atomic mass is 32.2. The van der Waals surface area contributed by atoms with Gasteiger partial charge in [0.05, 0.1) is 18.5 Å². The van der Waals surface area contributed by atoms with E-state index in [4.69, 9.17) is 22.1 Å². The van der Waals surface area contributed by atoms with Gasteiger partial charge in [0.1, 0.15) is 10.6 Å². The summed E-state index contributed by atoms with van der Waals surface area (Å²) in [6.07, 6.45) is 1.61. The first kappa shape index (κ1) is 21.4. The number of rotatable bonds is 6. The number of carbonyl (C=O) groups is 1. The van der Waals surface area contributed by atoms with E-state index in [9.17, 15) is 13.2 Å². The van der Waals surface area contributed by atoms with Gasteiger partial charge in [0.15, 0.2) is 10.8 Å². The van der Waals surface area contributed by atoms with Crippen molar-refractivity contribution in [3.8, 4) is 5.75 Å². The molecule has 0 saturated heterocycles. The van der Waals surface area contributed by atoms with E-state index in [0.717, 1.165) is 0 Å². The van der Waals surface area contributed by atoms with Crippen LogP contribution in [0.2, 0.25) is 0 Å². The lowest BCUT2D eigenvalue weighted by molar-refractivity contribution is -0.112. The molecule has 1 aliphatic rings. The summed E-state index contributed by atoms with van der Waals surface area (Å²) in [5.41, 5.74) is 4.14. The molecule has 0 aromatic heterocycles. The zero-order valence-corrected chi connectivity index (χ0v) is 17.6. The van der Waals surface area contributed by atoms with Gasteiger partial charge in [-0.3, -0.25) is 10.2 Å². The quantitative estimate of drug-likeness (QED) is 0.350. The molecular formula is C19H19N5O4S2. The van der Waals surface area contributed by atoms with Crippen molar-refractivity contribution in [2.45, 2.75) is 4.90 Å². The van der Waals surface area contributed by atoms with Gasteiger partial charge in [0.25, 0.3) is 5.91 Å². The second-order valence-electron chi connectivity index (χ2n) is 6.16. The molecule has 4 N–H and O–H groups in total. The number of sulfonamides is 1. The van der Waals surface area contributed by atoms with Gasteiger partial charge in [-0.05, 0) is 42.5 Å². The molecule has 9 nitrogen and oxygen atoms in total. The number of fused-ring (bicyclic) bond motifs is 1. The molecule has 30 heavy (non-hydrogen) atoms. The molecule has 0 radical (unpaired) electrons. The van der Waals surface area contributed by atoms with Gasteiger partial charge < -0.3 is 15.0 Å². The van der Waals surface area contributed by atoms with Crippen LogP contribution in [0.15, 0.2) is 65.1 Å². The maximum absolute atomic E-state index is 12.8. The molecule has 2 aromatic rings. The largest absolute Gasteiger partial charge is 0.497 e. The van der Waals surface area contributed by atoms with Crippen LogP contribution in [0.5, 0.6) is 5.75 Å². The Kier molecular flexibility index (Phi) is 6.15. The van der Waals surface area contributed by atoms with Gasteiger partial charge in [0, 0.05) is 12.1 Å². The van der Waals surface area contributed by atoms with Crippen LogP contribution in [0.25, 0.3) is 0 Å². The summed E-state index contributed by atoms with van der Waals surface area (Å²) < 4.78 is 28.7. The van der Waals surface area contributed by atoms with Crippen LogP contribution in [0.1, 0.15) is 5.56 Å². The van der Waals surface area contributed by atoms with Gasteiger partial charge in [-0.25, -0.2) is 13.6 Å². The summed E-state index contributed by atoms with van der Waals surface area (Å²) in [7, 11) is -2.42. The van der Waals surface area contributed by atoms with E-state index in [1.54, 1.807) is 30.3 Å². The molecule has 1 heterocycles. The summed E-state index contributed by atoms with van der Waals surface area (Å²) in [5, 5.41) is 12.1.